The second-order valence-electron chi connectivity index (χ2n) is 3.29. The summed E-state index contributed by atoms with van der Waals surface area (Å²) < 4.78 is 0. The second-order valence-corrected chi connectivity index (χ2v) is 3.72. The largest absolute Gasteiger partial charge is 0.385 e. The molecule has 0 aliphatic carbocycles. The first-order valence-electron chi connectivity index (χ1n) is 4.52. The van der Waals surface area contributed by atoms with Crippen LogP contribution in [0, 0.1) is 0 Å². The van der Waals surface area contributed by atoms with Gasteiger partial charge in [0.05, 0.1) is 0 Å². The number of hydrogen-bond donors (Lipinski definition) is 2. The van der Waals surface area contributed by atoms with Crippen molar-refractivity contribution in [3.8, 4) is 0 Å². The van der Waals surface area contributed by atoms with Crippen molar-refractivity contribution in [3.05, 3.63) is 28.8 Å². The highest BCUT2D eigenvalue weighted by Crippen LogP contribution is 2.31. The van der Waals surface area contributed by atoms with Crippen LogP contribution in [0.4, 0.5) is 5.69 Å². The third-order valence-corrected chi connectivity index (χ3v) is 2.72. The zero-order valence-corrected chi connectivity index (χ0v) is 8.36. The first-order chi connectivity index (χ1) is 6.31. The van der Waals surface area contributed by atoms with Crippen LogP contribution in [0.2, 0.25) is 5.02 Å². The minimum Gasteiger partial charge on any atom is -0.385 e. The lowest BCUT2D eigenvalue weighted by atomic mass is 9.98. The molecule has 70 valence electrons. The molecule has 0 amide bonds. The summed E-state index contributed by atoms with van der Waals surface area (Å²) in [6, 6.07) is 6.48. The molecule has 1 aliphatic heterocycles. The number of halogens is 1. The minimum absolute atomic E-state index is 0.466. The van der Waals surface area contributed by atoms with E-state index in [1.807, 2.05) is 19.2 Å². The Labute approximate surface area is 83.3 Å². The molecular weight excluding hydrogens is 184 g/mol. The van der Waals surface area contributed by atoms with Gasteiger partial charge in [-0.1, -0.05) is 17.7 Å². The molecule has 2 N–H and O–H groups in total. The van der Waals surface area contributed by atoms with E-state index in [0.717, 1.165) is 23.7 Å². The van der Waals surface area contributed by atoms with Gasteiger partial charge in [0.25, 0.3) is 0 Å². The zero-order chi connectivity index (χ0) is 9.26. The van der Waals surface area contributed by atoms with Gasteiger partial charge in [-0.3, -0.25) is 0 Å². The van der Waals surface area contributed by atoms with Crippen LogP contribution in [0.15, 0.2) is 18.2 Å². The van der Waals surface area contributed by atoms with E-state index in [9.17, 15) is 0 Å². The van der Waals surface area contributed by atoms with Gasteiger partial charge in [-0.25, -0.2) is 0 Å². The summed E-state index contributed by atoms with van der Waals surface area (Å²) in [4.78, 5) is 0. The molecule has 1 aromatic carbocycles. The van der Waals surface area contributed by atoms with E-state index in [1.165, 1.54) is 5.56 Å². The Balaban J connectivity index is 2.40. The summed E-state index contributed by atoms with van der Waals surface area (Å²) in [6.45, 7) is 1.01. The monoisotopic (exact) mass is 196 g/mol. The van der Waals surface area contributed by atoms with Crippen LogP contribution in [0.1, 0.15) is 18.0 Å². The maximum Gasteiger partial charge on any atom is 0.0426 e. The van der Waals surface area contributed by atoms with Gasteiger partial charge in [0.15, 0.2) is 0 Å². The Bertz CT molecular complexity index is 312. The van der Waals surface area contributed by atoms with E-state index in [2.05, 4.69) is 16.7 Å². The molecule has 0 spiro atoms. The van der Waals surface area contributed by atoms with Gasteiger partial charge >= 0.3 is 0 Å². The molecule has 2 rings (SSSR count). The molecule has 0 fully saturated rings. The van der Waals surface area contributed by atoms with Crippen molar-refractivity contribution in [1.29, 1.82) is 0 Å². The number of hydrogen-bond acceptors (Lipinski definition) is 2. The van der Waals surface area contributed by atoms with Crippen LogP contribution in [0.3, 0.4) is 0 Å². The Kier molecular flexibility index (Phi) is 2.42. The predicted octanol–water partition coefficient (Wildman–Crippen LogP) is 2.42. The first kappa shape index (κ1) is 8.85. The van der Waals surface area contributed by atoms with Gasteiger partial charge in [-0.05, 0) is 31.2 Å². The lowest BCUT2D eigenvalue weighted by Gasteiger charge is -2.26. The SMILES string of the molecule is CNC1CCNc2cc(Cl)ccc21. The third kappa shape index (κ3) is 1.64. The Morgan fingerprint density at radius 2 is 2.38 bits per heavy atom. The maximum absolute atomic E-state index is 5.91. The summed E-state index contributed by atoms with van der Waals surface area (Å²) in [5.41, 5.74) is 2.48. The molecule has 13 heavy (non-hydrogen) atoms. The van der Waals surface area contributed by atoms with Crippen LogP contribution in [-0.2, 0) is 0 Å². The summed E-state index contributed by atoms with van der Waals surface area (Å²) >= 11 is 5.91. The van der Waals surface area contributed by atoms with Crippen LogP contribution in [0.25, 0.3) is 0 Å². The van der Waals surface area contributed by atoms with E-state index < -0.39 is 0 Å². The van der Waals surface area contributed by atoms with Crippen LogP contribution < -0.4 is 10.6 Å². The van der Waals surface area contributed by atoms with Crippen molar-refractivity contribution < 1.29 is 0 Å². The average molecular weight is 197 g/mol. The summed E-state index contributed by atoms with van der Waals surface area (Å²) in [5, 5.41) is 7.43. The van der Waals surface area contributed by atoms with E-state index in [-0.39, 0.29) is 0 Å². The first-order valence-corrected chi connectivity index (χ1v) is 4.89. The fourth-order valence-electron chi connectivity index (χ4n) is 1.79. The van der Waals surface area contributed by atoms with Crippen molar-refractivity contribution in [2.24, 2.45) is 0 Å². The normalized spacial score (nSPS) is 20.6. The van der Waals surface area contributed by atoms with Crippen molar-refractivity contribution >= 4 is 17.3 Å². The van der Waals surface area contributed by atoms with Gasteiger partial charge in [-0.2, -0.15) is 0 Å². The number of nitrogens with one attached hydrogen (secondary N) is 2. The summed E-state index contributed by atoms with van der Waals surface area (Å²) in [6.07, 6.45) is 1.13. The highest BCUT2D eigenvalue weighted by molar-refractivity contribution is 6.30. The van der Waals surface area contributed by atoms with E-state index in [4.69, 9.17) is 11.6 Å². The van der Waals surface area contributed by atoms with E-state index in [1.54, 1.807) is 0 Å². The zero-order valence-electron chi connectivity index (χ0n) is 7.60. The molecule has 1 aromatic rings. The molecule has 1 atom stereocenters. The summed E-state index contributed by atoms with van der Waals surface area (Å²) in [7, 11) is 1.99. The van der Waals surface area contributed by atoms with Gasteiger partial charge in [0.2, 0.25) is 0 Å². The van der Waals surface area contributed by atoms with Crippen LogP contribution in [0.5, 0.6) is 0 Å². The Hall–Kier alpha value is -0.730. The maximum atomic E-state index is 5.91. The quantitative estimate of drug-likeness (QED) is 0.721. The summed E-state index contributed by atoms with van der Waals surface area (Å²) in [5.74, 6) is 0. The van der Waals surface area contributed by atoms with Crippen LogP contribution >= 0.6 is 11.6 Å². The van der Waals surface area contributed by atoms with Gasteiger partial charge in [0, 0.05) is 23.3 Å². The molecule has 0 saturated heterocycles. The molecule has 1 aliphatic rings. The molecule has 1 unspecified atom stereocenters. The van der Waals surface area contributed by atoms with Crippen molar-refractivity contribution in [3.63, 3.8) is 0 Å². The fourth-order valence-corrected chi connectivity index (χ4v) is 1.96. The molecular formula is C10H13ClN2. The average Bonchev–Trinajstić information content (AvgIpc) is 2.16. The minimum atomic E-state index is 0.466. The lowest BCUT2D eigenvalue weighted by molar-refractivity contribution is 0.551. The van der Waals surface area contributed by atoms with Crippen molar-refractivity contribution in [1.82, 2.24) is 5.32 Å². The number of benzene rings is 1. The molecule has 3 heteroatoms. The molecule has 1 heterocycles. The number of anilines is 1. The van der Waals surface area contributed by atoms with E-state index in [0.29, 0.717) is 6.04 Å². The molecule has 0 bridgehead atoms. The molecule has 0 saturated carbocycles. The van der Waals surface area contributed by atoms with Crippen molar-refractivity contribution in [2.75, 3.05) is 18.9 Å². The second kappa shape index (κ2) is 3.56. The van der Waals surface area contributed by atoms with Gasteiger partial charge in [-0.15, -0.1) is 0 Å². The van der Waals surface area contributed by atoms with Gasteiger partial charge < -0.3 is 10.6 Å². The van der Waals surface area contributed by atoms with Crippen molar-refractivity contribution in [2.45, 2.75) is 12.5 Å². The highest BCUT2D eigenvalue weighted by atomic mass is 35.5. The molecule has 0 aromatic heterocycles. The topological polar surface area (TPSA) is 24.1 Å². The standard InChI is InChI=1S/C10H13ClN2/c1-12-9-4-5-13-10-6-7(11)2-3-8(9)10/h2-3,6,9,12-13H,4-5H2,1H3. The van der Waals surface area contributed by atoms with E-state index >= 15 is 0 Å². The fraction of sp³-hybridized carbons (Fsp3) is 0.400. The smallest absolute Gasteiger partial charge is 0.0426 e. The third-order valence-electron chi connectivity index (χ3n) is 2.49. The molecule has 2 nitrogen and oxygen atoms in total. The number of rotatable bonds is 1. The molecule has 0 radical (unpaired) electrons. The highest BCUT2D eigenvalue weighted by Gasteiger charge is 2.17. The van der Waals surface area contributed by atoms with Gasteiger partial charge in [0.1, 0.15) is 0 Å². The van der Waals surface area contributed by atoms with Crippen LogP contribution in [-0.4, -0.2) is 13.6 Å². The predicted molar refractivity (Wildman–Crippen MR) is 56.4 cm³/mol. The Morgan fingerprint density at radius 1 is 1.54 bits per heavy atom. The Morgan fingerprint density at radius 3 is 3.15 bits per heavy atom. The lowest BCUT2D eigenvalue weighted by Crippen LogP contribution is -2.25. The number of fused-ring (bicyclic) bond motifs is 1.